The van der Waals surface area contributed by atoms with Gasteiger partial charge in [0.15, 0.2) is 0 Å². The van der Waals surface area contributed by atoms with E-state index in [1.54, 1.807) is 20.8 Å². The molecule has 0 saturated carbocycles. The predicted octanol–water partition coefficient (Wildman–Crippen LogP) is 1.87. The molecule has 1 rings (SSSR count). The van der Waals surface area contributed by atoms with Crippen LogP contribution in [0.3, 0.4) is 0 Å². The van der Waals surface area contributed by atoms with E-state index in [1.165, 1.54) is 4.90 Å². The molecule has 1 amide bonds. The molecule has 100 valence electrons. The third-order valence-corrected chi connectivity index (χ3v) is 2.62. The van der Waals surface area contributed by atoms with Crippen LogP contribution in [0, 0.1) is 5.92 Å². The van der Waals surface area contributed by atoms with Crippen molar-refractivity contribution in [2.75, 3.05) is 13.1 Å². The molecule has 0 aliphatic carbocycles. The molecular formula is C11H19F2NO3. The largest absolute Gasteiger partial charge is 0.444 e. The third-order valence-electron chi connectivity index (χ3n) is 2.62. The summed E-state index contributed by atoms with van der Waals surface area (Å²) in [4.78, 5) is 13.0. The molecule has 1 heterocycles. The summed E-state index contributed by atoms with van der Waals surface area (Å²) >= 11 is 0. The molecule has 0 spiro atoms. The maximum absolute atomic E-state index is 12.3. The first kappa shape index (κ1) is 14.2. The van der Waals surface area contributed by atoms with E-state index in [1.807, 2.05) is 0 Å². The fraction of sp³-hybridized carbons (Fsp3) is 0.909. The number of ether oxygens (including phenoxy) is 1. The quantitative estimate of drug-likeness (QED) is 0.815. The maximum atomic E-state index is 12.3. The summed E-state index contributed by atoms with van der Waals surface area (Å²) in [5.41, 5.74) is -0.601. The third kappa shape index (κ3) is 4.11. The van der Waals surface area contributed by atoms with Crippen LogP contribution in [0.15, 0.2) is 0 Å². The summed E-state index contributed by atoms with van der Waals surface area (Å²) in [5.74, 6) is -0.567. The number of hydrogen-bond donors (Lipinski definition) is 1. The topological polar surface area (TPSA) is 49.8 Å². The number of halogens is 2. The molecule has 2 unspecified atom stereocenters. The molecule has 17 heavy (non-hydrogen) atoms. The van der Waals surface area contributed by atoms with E-state index in [2.05, 4.69) is 0 Å². The Morgan fingerprint density at radius 1 is 1.47 bits per heavy atom. The van der Waals surface area contributed by atoms with Crippen LogP contribution in [-0.4, -0.2) is 47.3 Å². The molecule has 0 radical (unpaired) electrons. The van der Waals surface area contributed by atoms with Crippen molar-refractivity contribution >= 4 is 6.09 Å². The van der Waals surface area contributed by atoms with Crippen LogP contribution in [0.5, 0.6) is 0 Å². The normalized spacial score (nSPS) is 23.0. The van der Waals surface area contributed by atoms with Gasteiger partial charge >= 0.3 is 6.09 Å². The van der Waals surface area contributed by atoms with Gasteiger partial charge in [-0.25, -0.2) is 13.6 Å². The summed E-state index contributed by atoms with van der Waals surface area (Å²) in [6, 6.07) is 0. The molecule has 1 N–H and O–H groups in total. The summed E-state index contributed by atoms with van der Waals surface area (Å²) in [6.45, 7) is 5.70. The Kier molecular flexibility index (Phi) is 4.30. The zero-order valence-corrected chi connectivity index (χ0v) is 10.3. The maximum Gasteiger partial charge on any atom is 0.410 e. The lowest BCUT2D eigenvalue weighted by Crippen LogP contribution is -2.37. The van der Waals surface area contributed by atoms with E-state index in [9.17, 15) is 18.7 Å². The fourth-order valence-corrected chi connectivity index (χ4v) is 1.76. The summed E-state index contributed by atoms with van der Waals surface area (Å²) < 4.78 is 29.7. The zero-order chi connectivity index (χ0) is 13.2. The van der Waals surface area contributed by atoms with E-state index in [0.29, 0.717) is 13.0 Å². The van der Waals surface area contributed by atoms with Crippen LogP contribution < -0.4 is 0 Å². The Balaban J connectivity index is 2.48. The second kappa shape index (κ2) is 5.16. The van der Waals surface area contributed by atoms with Gasteiger partial charge in [0.2, 0.25) is 0 Å². The van der Waals surface area contributed by atoms with Crippen molar-refractivity contribution in [3.63, 3.8) is 0 Å². The predicted molar refractivity (Wildman–Crippen MR) is 57.9 cm³/mol. The second-order valence-electron chi connectivity index (χ2n) is 5.30. The molecule has 6 heteroatoms. The number of hydrogen-bond acceptors (Lipinski definition) is 3. The molecular weight excluding hydrogens is 232 g/mol. The van der Waals surface area contributed by atoms with Crippen molar-refractivity contribution in [3.8, 4) is 0 Å². The number of rotatable bonds is 2. The number of aliphatic hydroxyl groups is 1. The standard InChI is InChI=1S/C11H19F2NO3/c1-11(2,3)17-10(16)14-5-4-7(6-14)8(15)9(12)13/h7-9,15H,4-6H2,1-3H3. The lowest BCUT2D eigenvalue weighted by atomic mass is 10.0. The van der Waals surface area contributed by atoms with Gasteiger partial charge in [0.25, 0.3) is 6.43 Å². The first-order chi connectivity index (χ1) is 7.70. The summed E-state index contributed by atoms with van der Waals surface area (Å²) in [5, 5.41) is 9.23. The van der Waals surface area contributed by atoms with E-state index in [-0.39, 0.29) is 6.54 Å². The average Bonchev–Trinajstić information content (AvgIpc) is 2.62. The van der Waals surface area contributed by atoms with Crippen molar-refractivity contribution in [1.82, 2.24) is 4.90 Å². The molecule has 1 fully saturated rings. The van der Waals surface area contributed by atoms with Gasteiger partial charge < -0.3 is 14.7 Å². The van der Waals surface area contributed by atoms with E-state index < -0.39 is 30.1 Å². The Bertz CT molecular complexity index is 278. The highest BCUT2D eigenvalue weighted by Crippen LogP contribution is 2.24. The highest BCUT2D eigenvalue weighted by molar-refractivity contribution is 5.68. The van der Waals surface area contributed by atoms with Crippen LogP contribution >= 0.6 is 0 Å². The van der Waals surface area contributed by atoms with E-state index in [0.717, 1.165) is 0 Å². The summed E-state index contributed by atoms with van der Waals surface area (Å²) in [6.07, 6.45) is -4.56. The molecule has 2 atom stereocenters. The van der Waals surface area contributed by atoms with Gasteiger partial charge in [0, 0.05) is 19.0 Å². The number of alkyl halides is 2. The van der Waals surface area contributed by atoms with Crippen LogP contribution in [0.1, 0.15) is 27.2 Å². The van der Waals surface area contributed by atoms with Gasteiger partial charge in [-0.15, -0.1) is 0 Å². The molecule has 0 aromatic heterocycles. The van der Waals surface area contributed by atoms with Crippen molar-refractivity contribution in [2.24, 2.45) is 5.92 Å². The molecule has 1 saturated heterocycles. The van der Waals surface area contributed by atoms with Gasteiger partial charge in [-0.1, -0.05) is 0 Å². The average molecular weight is 251 g/mol. The Hall–Kier alpha value is -0.910. The van der Waals surface area contributed by atoms with Gasteiger partial charge in [0.1, 0.15) is 11.7 Å². The van der Waals surface area contributed by atoms with Crippen LogP contribution in [0.4, 0.5) is 13.6 Å². The highest BCUT2D eigenvalue weighted by Gasteiger charge is 2.36. The van der Waals surface area contributed by atoms with Crippen molar-refractivity contribution in [3.05, 3.63) is 0 Å². The Morgan fingerprint density at radius 2 is 2.06 bits per heavy atom. The SMILES string of the molecule is CC(C)(C)OC(=O)N1CCC(C(O)C(F)F)C1. The monoisotopic (exact) mass is 251 g/mol. The van der Waals surface area contributed by atoms with Gasteiger partial charge in [-0.3, -0.25) is 0 Å². The molecule has 4 nitrogen and oxygen atoms in total. The van der Waals surface area contributed by atoms with Crippen molar-refractivity contribution < 1.29 is 23.4 Å². The van der Waals surface area contributed by atoms with Crippen molar-refractivity contribution in [2.45, 2.75) is 45.3 Å². The lowest BCUT2D eigenvalue weighted by molar-refractivity contribution is -0.0368. The van der Waals surface area contributed by atoms with Crippen LogP contribution in [0.2, 0.25) is 0 Å². The number of likely N-dealkylation sites (tertiary alicyclic amines) is 1. The lowest BCUT2D eigenvalue weighted by Gasteiger charge is -2.24. The number of carbonyl (C=O) groups excluding carboxylic acids is 1. The Morgan fingerprint density at radius 3 is 2.53 bits per heavy atom. The van der Waals surface area contributed by atoms with Gasteiger partial charge in [0.05, 0.1) is 0 Å². The minimum absolute atomic E-state index is 0.125. The van der Waals surface area contributed by atoms with E-state index >= 15 is 0 Å². The molecule has 0 bridgehead atoms. The molecule has 0 aromatic rings. The fourth-order valence-electron chi connectivity index (χ4n) is 1.76. The number of nitrogens with zero attached hydrogens (tertiary/aromatic N) is 1. The minimum atomic E-state index is -2.77. The van der Waals surface area contributed by atoms with Crippen LogP contribution in [-0.2, 0) is 4.74 Å². The zero-order valence-electron chi connectivity index (χ0n) is 10.3. The number of amides is 1. The number of aliphatic hydroxyl groups excluding tert-OH is 1. The minimum Gasteiger partial charge on any atom is -0.444 e. The smallest absolute Gasteiger partial charge is 0.410 e. The molecule has 0 aromatic carbocycles. The van der Waals surface area contributed by atoms with Crippen molar-refractivity contribution in [1.29, 1.82) is 0 Å². The first-order valence-corrected chi connectivity index (χ1v) is 5.65. The second-order valence-corrected chi connectivity index (χ2v) is 5.30. The Labute approximate surface area is 99.5 Å². The first-order valence-electron chi connectivity index (χ1n) is 5.65. The van der Waals surface area contributed by atoms with Gasteiger partial charge in [-0.05, 0) is 27.2 Å². The molecule has 1 aliphatic rings. The highest BCUT2D eigenvalue weighted by atomic mass is 19.3. The van der Waals surface area contributed by atoms with Gasteiger partial charge in [-0.2, -0.15) is 0 Å². The van der Waals surface area contributed by atoms with Crippen LogP contribution in [0.25, 0.3) is 0 Å². The van der Waals surface area contributed by atoms with E-state index in [4.69, 9.17) is 4.74 Å². The molecule has 1 aliphatic heterocycles. The summed E-state index contributed by atoms with van der Waals surface area (Å²) in [7, 11) is 0. The number of carbonyl (C=O) groups is 1.